The number of hydrogen-bond acceptors (Lipinski definition) is 7. The summed E-state index contributed by atoms with van der Waals surface area (Å²) in [5.74, 6) is 7.44. The zero-order valence-corrected chi connectivity index (χ0v) is 20.3. The Morgan fingerprint density at radius 2 is 2.00 bits per heavy atom. The molecule has 0 amide bonds. The maximum Gasteiger partial charge on any atom is 0.154 e. The number of aromatic nitrogens is 2. The third-order valence-electron chi connectivity index (χ3n) is 5.56. The van der Waals surface area contributed by atoms with Crippen LogP contribution in [-0.2, 0) is 0 Å². The van der Waals surface area contributed by atoms with Gasteiger partial charge in [0.25, 0.3) is 0 Å². The van der Waals surface area contributed by atoms with Crippen molar-refractivity contribution in [2.24, 2.45) is 5.84 Å². The maximum atomic E-state index is 14.0. The molecule has 2 atom stereocenters. The number of ether oxygens (including phenoxy) is 1. The lowest BCUT2D eigenvalue weighted by molar-refractivity contribution is 0.227. The van der Waals surface area contributed by atoms with Gasteiger partial charge in [-0.05, 0) is 68.3 Å². The zero-order chi connectivity index (χ0) is 24.9. The number of hydrogen-bond donors (Lipinski definition) is 2. The van der Waals surface area contributed by atoms with E-state index in [0.717, 1.165) is 39.2 Å². The minimum absolute atomic E-state index is 0.0637. The van der Waals surface area contributed by atoms with Gasteiger partial charge < -0.3 is 19.5 Å². The molecule has 2 aromatic heterocycles. The second-order valence-electron chi connectivity index (χ2n) is 8.59. The molecule has 0 bridgehead atoms. The van der Waals surface area contributed by atoms with E-state index < -0.39 is 6.17 Å². The lowest BCUT2D eigenvalue weighted by Crippen LogP contribution is -2.20. The summed E-state index contributed by atoms with van der Waals surface area (Å²) in [7, 11) is 1.63. The van der Waals surface area contributed by atoms with Gasteiger partial charge >= 0.3 is 0 Å². The topological polar surface area (TPSA) is 89.4 Å². The molecule has 0 aliphatic heterocycles. The van der Waals surface area contributed by atoms with Gasteiger partial charge in [0.1, 0.15) is 29.6 Å². The van der Waals surface area contributed by atoms with Crippen LogP contribution in [0.1, 0.15) is 29.9 Å². The third kappa shape index (κ3) is 6.16. The van der Waals surface area contributed by atoms with Crippen LogP contribution in [0.3, 0.4) is 0 Å². The van der Waals surface area contributed by atoms with Crippen LogP contribution < -0.4 is 15.9 Å². The van der Waals surface area contributed by atoms with Gasteiger partial charge in [0.05, 0.1) is 18.0 Å². The Bertz CT molecular complexity index is 1330. The minimum Gasteiger partial charge on any atom is -0.490 e. The fourth-order valence-corrected chi connectivity index (χ4v) is 3.74. The van der Waals surface area contributed by atoms with Crippen LogP contribution in [0.4, 0.5) is 10.2 Å². The second kappa shape index (κ2) is 10.6. The van der Waals surface area contributed by atoms with E-state index >= 15 is 0 Å². The normalized spacial score (nSPS) is 13.2. The van der Waals surface area contributed by atoms with Crippen LogP contribution in [0.25, 0.3) is 22.2 Å². The van der Waals surface area contributed by atoms with Gasteiger partial charge in [0.15, 0.2) is 6.17 Å². The Labute approximate surface area is 204 Å². The van der Waals surface area contributed by atoms with E-state index in [0.29, 0.717) is 11.6 Å². The monoisotopic (exact) mass is 475 g/mol. The molecule has 4 rings (SSSR count). The van der Waals surface area contributed by atoms with Crippen molar-refractivity contribution in [3.63, 3.8) is 0 Å². The molecule has 4 aromatic rings. The summed E-state index contributed by atoms with van der Waals surface area (Å²) in [6, 6.07) is 15.5. The number of alkyl halides is 1. The molecule has 7 nitrogen and oxygen atoms in total. The number of hydrazine groups is 1. The zero-order valence-electron chi connectivity index (χ0n) is 20.3. The molecule has 0 fully saturated rings. The summed E-state index contributed by atoms with van der Waals surface area (Å²) < 4.78 is 25.2. The summed E-state index contributed by atoms with van der Waals surface area (Å²) in [5, 5.41) is 5.81. The highest BCUT2D eigenvalue weighted by Crippen LogP contribution is 2.29. The number of benzene rings is 2. The van der Waals surface area contributed by atoms with Crippen molar-refractivity contribution in [1.82, 2.24) is 15.0 Å². The van der Waals surface area contributed by atoms with Crippen molar-refractivity contribution in [1.29, 1.82) is 0 Å². The van der Waals surface area contributed by atoms with Gasteiger partial charge in [0.2, 0.25) is 0 Å². The first kappa shape index (κ1) is 24.2. The number of fused-ring (bicyclic) bond motifs is 1. The van der Waals surface area contributed by atoms with Crippen LogP contribution in [0.2, 0.25) is 0 Å². The number of nitrogens with zero attached hydrogens (tertiary/aromatic N) is 3. The standard InChI is InChI=1S/C27H30FN5O2/c1-17-15-35-26-9-8-21(13-24(17)26)25-14-27(32-19(3)31-25)30-18(2)20-6-5-7-23(12-20)34-16-22(28)10-11-33(4)29/h5-15,18,22H,16,29H2,1-4H3,(H,30,31,32). The third-order valence-corrected chi connectivity index (χ3v) is 5.56. The molecule has 0 saturated heterocycles. The lowest BCUT2D eigenvalue weighted by atomic mass is 10.1. The predicted molar refractivity (Wildman–Crippen MR) is 137 cm³/mol. The average molecular weight is 476 g/mol. The molecule has 35 heavy (non-hydrogen) atoms. The first-order valence-corrected chi connectivity index (χ1v) is 11.4. The highest BCUT2D eigenvalue weighted by Gasteiger charge is 2.12. The van der Waals surface area contributed by atoms with E-state index in [2.05, 4.69) is 21.4 Å². The number of nitrogens with two attached hydrogens (primary N) is 1. The Morgan fingerprint density at radius 3 is 2.80 bits per heavy atom. The highest BCUT2D eigenvalue weighted by molar-refractivity contribution is 5.85. The molecule has 8 heteroatoms. The van der Waals surface area contributed by atoms with Crippen molar-refractivity contribution in [2.75, 3.05) is 19.0 Å². The van der Waals surface area contributed by atoms with Gasteiger partial charge in [-0.2, -0.15) is 0 Å². The predicted octanol–water partition coefficient (Wildman–Crippen LogP) is 5.72. The fourth-order valence-electron chi connectivity index (χ4n) is 3.74. The summed E-state index contributed by atoms with van der Waals surface area (Å²) in [5.41, 5.74) is 4.76. The minimum atomic E-state index is -1.26. The number of rotatable bonds is 9. The quantitative estimate of drug-likeness (QED) is 0.236. The van der Waals surface area contributed by atoms with Crippen LogP contribution in [0.5, 0.6) is 5.75 Å². The first-order chi connectivity index (χ1) is 16.8. The first-order valence-electron chi connectivity index (χ1n) is 11.4. The van der Waals surface area contributed by atoms with Gasteiger partial charge in [-0.15, -0.1) is 0 Å². The van der Waals surface area contributed by atoms with Gasteiger partial charge in [-0.1, -0.05) is 12.1 Å². The van der Waals surface area contributed by atoms with Gasteiger partial charge in [-0.3, -0.25) is 0 Å². The number of aryl methyl sites for hydroxylation is 2. The summed E-state index contributed by atoms with van der Waals surface area (Å²) >= 11 is 0. The van der Waals surface area contributed by atoms with Crippen molar-refractivity contribution >= 4 is 16.8 Å². The lowest BCUT2D eigenvalue weighted by Gasteiger charge is -2.17. The smallest absolute Gasteiger partial charge is 0.154 e. The molecule has 3 N–H and O–H groups in total. The highest BCUT2D eigenvalue weighted by atomic mass is 19.1. The number of furan rings is 1. The Hall–Kier alpha value is -3.91. The molecule has 182 valence electrons. The number of halogens is 1. The molecular formula is C27H30FN5O2. The van der Waals surface area contributed by atoms with E-state index in [1.165, 1.54) is 17.3 Å². The Kier molecular flexibility index (Phi) is 7.31. The fraction of sp³-hybridized carbons (Fsp3) is 0.259. The van der Waals surface area contributed by atoms with E-state index in [-0.39, 0.29) is 12.6 Å². The summed E-state index contributed by atoms with van der Waals surface area (Å²) in [4.78, 5) is 9.20. The molecule has 0 saturated carbocycles. The largest absolute Gasteiger partial charge is 0.490 e. The molecule has 0 spiro atoms. The molecule has 2 unspecified atom stereocenters. The van der Waals surface area contributed by atoms with Crippen molar-refractivity contribution in [2.45, 2.75) is 33.0 Å². The number of anilines is 1. The summed E-state index contributed by atoms with van der Waals surface area (Å²) in [6.07, 6.45) is 3.32. The van der Waals surface area contributed by atoms with Crippen LogP contribution >= 0.6 is 0 Å². The molecule has 0 radical (unpaired) electrons. The Morgan fingerprint density at radius 1 is 1.17 bits per heavy atom. The van der Waals surface area contributed by atoms with E-state index in [4.69, 9.17) is 15.0 Å². The Balaban J connectivity index is 1.48. The average Bonchev–Trinajstić information content (AvgIpc) is 3.21. The molecule has 0 aliphatic rings. The second-order valence-corrected chi connectivity index (χ2v) is 8.59. The molecule has 2 heterocycles. The van der Waals surface area contributed by atoms with Crippen LogP contribution in [0.15, 0.2) is 71.5 Å². The summed E-state index contributed by atoms with van der Waals surface area (Å²) in [6.45, 7) is 5.84. The van der Waals surface area contributed by atoms with Crippen molar-refractivity contribution < 1.29 is 13.5 Å². The van der Waals surface area contributed by atoms with Crippen molar-refractivity contribution in [3.8, 4) is 17.0 Å². The van der Waals surface area contributed by atoms with Crippen LogP contribution in [0, 0.1) is 13.8 Å². The molecule has 2 aromatic carbocycles. The van der Waals surface area contributed by atoms with Crippen LogP contribution in [-0.4, -0.2) is 34.8 Å². The van der Waals surface area contributed by atoms with Gasteiger partial charge in [-0.25, -0.2) is 20.2 Å². The van der Waals surface area contributed by atoms with Gasteiger partial charge in [0, 0.05) is 30.3 Å². The van der Waals surface area contributed by atoms with Crippen molar-refractivity contribution in [3.05, 3.63) is 84.0 Å². The van der Waals surface area contributed by atoms with E-state index in [1.807, 2.05) is 63.2 Å². The van der Waals surface area contributed by atoms with E-state index in [9.17, 15) is 4.39 Å². The molecular weight excluding hydrogens is 445 g/mol. The molecule has 0 aliphatic carbocycles. The SMILES string of the molecule is Cc1nc(NC(C)c2cccc(OCC(F)C=CN(C)N)c2)cc(-c2ccc3occ(C)c3c2)n1. The van der Waals surface area contributed by atoms with E-state index in [1.54, 1.807) is 13.3 Å². The maximum absolute atomic E-state index is 14.0. The number of nitrogens with one attached hydrogen (secondary N) is 1.